The van der Waals surface area contributed by atoms with Crippen molar-refractivity contribution >= 4 is 0 Å². The Morgan fingerprint density at radius 1 is 1.05 bits per heavy atom. The SMILES string of the molecule is CC(C)CC1=CC(C(C)(C)C)=C(O)C(C(C)(C)C)=CC1. The molecule has 0 aromatic rings. The number of aliphatic hydroxyl groups excluding tert-OH is 1. The zero-order valence-electron chi connectivity index (χ0n) is 14.6. The van der Waals surface area contributed by atoms with E-state index in [1.165, 1.54) is 5.57 Å². The van der Waals surface area contributed by atoms with Crippen LogP contribution in [0.1, 0.15) is 68.2 Å². The Hall–Kier alpha value is -0.980. The highest BCUT2D eigenvalue weighted by Gasteiger charge is 2.29. The summed E-state index contributed by atoms with van der Waals surface area (Å²) in [5.74, 6) is 1.14. The Labute approximate surface area is 125 Å². The molecule has 20 heavy (non-hydrogen) atoms. The van der Waals surface area contributed by atoms with Crippen LogP contribution < -0.4 is 0 Å². The van der Waals surface area contributed by atoms with E-state index in [-0.39, 0.29) is 10.8 Å². The van der Waals surface area contributed by atoms with E-state index in [0.717, 1.165) is 24.0 Å². The number of aliphatic hydroxyl groups is 1. The van der Waals surface area contributed by atoms with Crippen LogP contribution in [0.4, 0.5) is 0 Å². The summed E-state index contributed by atoms with van der Waals surface area (Å²) in [5, 5.41) is 10.8. The molecule has 1 nitrogen and oxygen atoms in total. The second-order valence-corrected chi connectivity index (χ2v) is 8.48. The zero-order valence-corrected chi connectivity index (χ0v) is 14.6. The number of allylic oxidation sites excluding steroid dienone is 5. The summed E-state index contributed by atoms with van der Waals surface area (Å²) in [6, 6.07) is 0. The molecule has 0 aromatic heterocycles. The first-order chi connectivity index (χ1) is 8.93. The van der Waals surface area contributed by atoms with E-state index >= 15 is 0 Å². The molecule has 114 valence electrons. The normalized spacial score (nSPS) is 18.1. The molecule has 1 aliphatic carbocycles. The number of rotatable bonds is 2. The average Bonchev–Trinajstić information content (AvgIpc) is 2.35. The molecule has 0 amide bonds. The van der Waals surface area contributed by atoms with Gasteiger partial charge in [-0.2, -0.15) is 0 Å². The van der Waals surface area contributed by atoms with Crippen LogP contribution in [-0.2, 0) is 0 Å². The van der Waals surface area contributed by atoms with E-state index in [1.807, 2.05) is 0 Å². The molecule has 0 atom stereocenters. The van der Waals surface area contributed by atoms with Crippen LogP contribution in [0.2, 0.25) is 0 Å². The summed E-state index contributed by atoms with van der Waals surface area (Å²) < 4.78 is 0. The third-order valence-electron chi connectivity index (χ3n) is 3.71. The van der Waals surface area contributed by atoms with Crippen molar-refractivity contribution in [3.63, 3.8) is 0 Å². The molecule has 0 unspecified atom stereocenters. The maximum absolute atomic E-state index is 10.8. The molecule has 0 heterocycles. The van der Waals surface area contributed by atoms with Crippen molar-refractivity contribution in [1.82, 2.24) is 0 Å². The van der Waals surface area contributed by atoms with Gasteiger partial charge in [-0.15, -0.1) is 0 Å². The summed E-state index contributed by atoms with van der Waals surface area (Å²) in [5.41, 5.74) is 3.52. The van der Waals surface area contributed by atoms with Gasteiger partial charge in [0.25, 0.3) is 0 Å². The summed E-state index contributed by atoms with van der Waals surface area (Å²) in [7, 11) is 0. The molecule has 1 aliphatic rings. The van der Waals surface area contributed by atoms with Gasteiger partial charge < -0.3 is 5.11 Å². The molecule has 0 radical (unpaired) electrons. The van der Waals surface area contributed by atoms with Gasteiger partial charge in [0.15, 0.2) is 0 Å². The first-order valence-electron chi connectivity index (χ1n) is 7.77. The van der Waals surface area contributed by atoms with Crippen molar-refractivity contribution in [3.8, 4) is 0 Å². The molecule has 0 fully saturated rings. The predicted octanol–water partition coefficient (Wildman–Crippen LogP) is 6.19. The standard InChI is InChI=1S/C19H32O/c1-13(2)11-14-9-10-15(18(3,4)5)17(20)16(12-14)19(6,7)8/h10,12-13,20H,9,11H2,1-8H3. The van der Waals surface area contributed by atoms with E-state index in [1.54, 1.807) is 0 Å². The van der Waals surface area contributed by atoms with Crippen molar-refractivity contribution < 1.29 is 5.11 Å². The Balaban J connectivity index is 3.37. The molecule has 0 saturated carbocycles. The van der Waals surface area contributed by atoms with E-state index in [0.29, 0.717) is 11.7 Å². The van der Waals surface area contributed by atoms with Gasteiger partial charge in [-0.1, -0.05) is 73.1 Å². The van der Waals surface area contributed by atoms with Gasteiger partial charge in [0, 0.05) is 0 Å². The van der Waals surface area contributed by atoms with Gasteiger partial charge in [-0.05, 0) is 40.7 Å². The van der Waals surface area contributed by atoms with Gasteiger partial charge in [0.05, 0.1) is 0 Å². The van der Waals surface area contributed by atoms with Gasteiger partial charge in [-0.3, -0.25) is 0 Å². The van der Waals surface area contributed by atoms with E-state index in [9.17, 15) is 5.11 Å². The fraction of sp³-hybridized carbons (Fsp3) is 0.684. The fourth-order valence-corrected chi connectivity index (χ4v) is 2.71. The minimum atomic E-state index is -0.0407. The monoisotopic (exact) mass is 276 g/mol. The minimum Gasteiger partial charge on any atom is -0.507 e. The van der Waals surface area contributed by atoms with Crippen LogP contribution in [0.15, 0.2) is 34.6 Å². The summed E-state index contributed by atoms with van der Waals surface area (Å²) in [4.78, 5) is 0. The lowest BCUT2D eigenvalue weighted by molar-refractivity contribution is 0.356. The smallest absolute Gasteiger partial charge is 0.122 e. The lowest BCUT2D eigenvalue weighted by Gasteiger charge is -2.27. The van der Waals surface area contributed by atoms with Crippen molar-refractivity contribution in [1.29, 1.82) is 0 Å². The highest BCUT2D eigenvalue weighted by Crippen LogP contribution is 2.40. The first kappa shape index (κ1) is 17.1. The molecule has 1 heteroatoms. The molecule has 0 aliphatic heterocycles. The lowest BCUT2D eigenvalue weighted by Crippen LogP contribution is -2.17. The van der Waals surface area contributed by atoms with Crippen LogP contribution in [0.5, 0.6) is 0 Å². The quantitative estimate of drug-likeness (QED) is 0.637. The van der Waals surface area contributed by atoms with Crippen molar-refractivity contribution in [3.05, 3.63) is 34.6 Å². The van der Waals surface area contributed by atoms with Crippen LogP contribution in [-0.4, -0.2) is 5.11 Å². The maximum Gasteiger partial charge on any atom is 0.122 e. The molecule has 1 rings (SSSR count). The van der Waals surface area contributed by atoms with E-state index in [4.69, 9.17) is 0 Å². The Bertz CT molecular complexity index is 445. The highest BCUT2D eigenvalue weighted by atomic mass is 16.3. The topological polar surface area (TPSA) is 20.2 Å². The zero-order chi connectivity index (χ0) is 15.7. The Kier molecular flexibility index (Phi) is 4.94. The third kappa shape index (κ3) is 4.26. The average molecular weight is 276 g/mol. The molecule has 0 bridgehead atoms. The summed E-state index contributed by atoms with van der Waals surface area (Å²) in [6.07, 6.45) is 6.52. The largest absolute Gasteiger partial charge is 0.507 e. The van der Waals surface area contributed by atoms with Gasteiger partial charge >= 0.3 is 0 Å². The van der Waals surface area contributed by atoms with Gasteiger partial charge in [0.1, 0.15) is 5.76 Å². The second-order valence-electron chi connectivity index (χ2n) is 8.48. The van der Waals surface area contributed by atoms with Crippen LogP contribution in [0.3, 0.4) is 0 Å². The first-order valence-corrected chi connectivity index (χ1v) is 7.77. The van der Waals surface area contributed by atoms with Gasteiger partial charge in [-0.25, -0.2) is 0 Å². The third-order valence-corrected chi connectivity index (χ3v) is 3.71. The predicted molar refractivity (Wildman–Crippen MR) is 88.8 cm³/mol. The van der Waals surface area contributed by atoms with Crippen molar-refractivity contribution in [2.24, 2.45) is 16.7 Å². The molecule has 0 spiro atoms. The Morgan fingerprint density at radius 3 is 2.00 bits per heavy atom. The van der Waals surface area contributed by atoms with Crippen molar-refractivity contribution in [2.75, 3.05) is 0 Å². The van der Waals surface area contributed by atoms with Gasteiger partial charge in [0.2, 0.25) is 0 Å². The Morgan fingerprint density at radius 2 is 1.60 bits per heavy atom. The molecule has 0 aromatic carbocycles. The van der Waals surface area contributed by atoms with Crippen LogP contribution >= 0.6 is 0 Å². The van der Waals surface area contributed by atoms with Crippen LogP contribution in [0, 0.1) is 16.7 Å². The molecule has 1 N–H and O–H groups in total. The summed E-state index contributed by atoms with van der Waals surface area (Å²) in [6.45, 7) is 17.5. The van der Waals surface area contributed by atoms with Crippen molar-refractivity contribution in [2.45, 2.75) is 68.2 Å². The second kappa shape index (κ2) is 5.79. The van der Waals surface area contributed by atoms with E-state index in [2.05, 4.69) is 67.5 Å². The lowest BCUT2D eigenvalue weighted by atomic mass is 9.79. The highest BCUT2D eigenvalue weighted by molar-refractivity contribution is 5.45. The minimum absolute atomic E-state index is 0.0261. The van der Waals surface area contributed by atoms with E-state index < -0.39 is 0 Å². The van der Waals surface area contributed by atoms with Crippen LogP contribution in [0.25, 0.3) is 0 Å². The molecular formula is C19H32O. The number of hydrogen-bond donors (Lipinski definition) is 1. The number of hydrogen-bond acceptors (Lipinski definition) is 1. The fourth-order valence-electron chi connectivity index (χ4n) is 2.71. The maximum atomic E-state index is 10.8. The summed E-state index contributed by atoms with van der Waals surface area (Å²) >= 11 is 0. The molecular weight excluding hydrogens is 244 g/mol. The molecule has 0 saturated heterocycles.